The Bertz CT molecular complexity index is 1240. The molecule has 0 radical (unpaired) electrons. The third kappa shape index (κ3) is 7.72. The van der Waals surface area contributed by atoms with Crippen molar-refractivity contribution in [2.75, 3.05) is 57.8 Å². The van der Waals surface area contributed by atoms with Gasteiger partial charge in [-0.05, 0) is 32.3 Å². The normalized spacial score (nSPS) is 11.4. The van der Waals surface area contributed by atoms with Crippen molar-refractivity contribution in [3.05, 3.63) is 58.6 Å². The first-order chi connectivity index (χ1) is 17.3. The van der Waals surface area contributed by atoms with Crippen LogP contribution in [0.15, 0.2) is 42.7 Å². The predicted molar refractivity (Wildman–Crippen MR) is 138 cm³/mol. The number of anilines is 3. The largest absolute Gasteiger partial charge is 0.489 e. The van der Waals surface area contributed by atoms with E-state index >= 15 is 0 Å². The Morgan fingerprint density at radius 2 is 1.86 bits per heavy atom. The molecule has 36 heavy (non-hydrogen) atoms. The molecule has 8 nitrogen and oxygen atoms in total. The molecule has 0 saturated heterocycles. The number of hydrogen-bond acceptors (Lipinski definition) is 7. The topological polar surface area (TPSA) is 88.6 Å². The number of fused-ring (bicyclic) bond motifs is 1. The van der Waals surface area contributed by atoms with Gasteiger partial charge in [0.2, 0.25) is 5.91 Å². The van der Waals surface area contributed by atoms with E-state index in [2.05, 4.69) is 20.6 Å². The van der Waals surface area contributed by atoms with Crippen LogP contribution < -0.4 is 15.4 Å². The minimum Gasteiger partial charge on any atom is -0.489 e. The van der Waals surface area contributed by atoms with Gasteiger partial charge in [0, 0.05) is 24.1 Å². The third-order valence-electron chi connectivity index (χ3n) is 4.70. The van der Waals surface area contributed by atoms with Crippen LogP contribution in [-0.2, 0) is 9.53 Å². The summed E-state index contributed by atoms with van der Waals surface area (Å²) in [5, 5.41) is 6.41. The number of nitrogens with one attached hydrogen (secondary N) is 2. The van der Waals surface area contributed by atoms with Crippen molar-refractivity contribution in [2.45, 2.75) is 0 Å². The number of aromatic nitrogens is 2. The van der Waals surface area contributed by atoms with E-state index in [0.717, 1.165) is 6.07 Å². The van der Waals surface area contributed by atoms with Crippen LogP contribution in [0.3, 0.4) is 0 Å². The molecule has 3 aromatic rings. The minimum absolute atomic E-state index is 0.0329. The van der Waals surface area contributed by atoms with Gasteiger partial charge in [-0.3, -0.25) is 4.79 Å². The highest BCUT2D eigenvalue weighted by Crippen LogP contribution is 2.35. The Kier molecular flexibility index (Phi) is 10.2. The first-order valence-corrected chi connectivity index (χ1v) is 11.6. The SMILES string of the molecule is CN(C)C/C=C/C(=O)Nc1cc2c(Nc3cc(Cl)c(Cl)cc3F)ncnc2cc1OCCOCCF. The number of carbonyl (C=O) groups excluding carboxylic acids is 1. The van der Waals surface area contributed by atoms with Crippen molar-refractivity contribution >= 4 is 57.2 Å². The first kappa shape index (κ1) is 27.5. The predicted octanol–water partition coefficient (Wildman–Crippen LogP) is 5.24. The van der Waals surface area contributed by atoms with E-state index in [4.69, 9.17) is 32.7 Å². The molecule has 1 heterocycles. The molecule has 0 aliphatic rings. The number of hydrogen-bond donors (Lipinski definition) is 2. The van der Waals surface area contributed by atoms with Crippen LogP contribution in [0.1, 0.15) is 0 Å². The van der Waals surface area contributed by atoms with Crippen molar-refractivity contribution in [1.29, 1.82) is 0 Å². The second-order valence-electron chi connectivity index (χ2n) is 7.76. The van der Waals surface area contributed by atoms with E-state index in [1.165, 1.54) is 18.5 Å². The maximum absolute atomic E-state index is 14.5. The zero-order valence-electron chi connectivity index (χ0n) is 19.7. The molecule has 0 spiro atoms. The Labute approximate surface area is 217 Å². The lowest BCUT2D eigenvalue weighted by atomic mass is 10.1. The Hall–Kier alpha value is -3.05. The summed E-state index contributed by atoms with van der Waals surface area (Å²) in [4.78, 5) is 22.9. The van der Waals surface area contributed by atoms with Crippen LogP contribution in [0, 0.1) is 5.82 Å². The van der Waals surface area contributed by atoms with Crippen molar-refractivity contribution in [3.63, 3.8) is 0 Å². The number of halogens is 4. The van der Waals surface area contributed by atoms with Gasteiger partial charge >= 0.3 is 0 Å². The third-order valence-corrected chi connectivity index (χ3v) is 5.43. The fraction of sp³-hybridized carbons (Fsp3) is 0.292. The van der Waals surface area contributed by atoms with E-state index < -0.39 is 12.5 Å². The average Bonchev–Trinajstić information content (AvgIpc) is 2.82. The van der Waals surface area contributed by atoms with Gasteiger partial charge in [-0.2, -0.15) is 0 Å². The monoisotopic (exact) mass is 539 g/mol. The molecule has 1 amide bonds. The van der Waals surface area contributed by atoms with Crippen LogP contribution in [0.25, 0.3) is 10.9 Å². The summed E-state index contributed by atoms with van der Waals surface area (Å²) in [5.41, 5.74) is 0.862. The van der Waals surface area contributed by atoms with Gasteiger partial charge < -0.3 is 25.0 Å². The van der Waals surface area contributed by atoms with Crippen LogP contribution in [0.4, 0.5) is 26.0 Å². The standard InChI is InChI=1S/C24H25Cl2F2N5O3/c1-33(2)6-3-4-23(34)31-21-10-15-19(13-22(21)36-9-8-35-7-5-27)29-14-30-24(15)32-20-12-17(26)16(25)11-18(20)28/h3-4,10-14H,5-9H2,1-2H3,(H,31,34)(H,29,30,32)/b4-3+. The zero-order chi connectivity index (χ0) is 26.1. The highest BCUT2D eigenvalue weighted by atomic mass is 35.5. The van der Waals surface area contributed by atoms with E-state index in [9.17, 15) is 13.6 Å². The number of rotatable bonds is 12. The molecule has 0 fully saturated rings. The lowest BCUT2D eigenvalue weighted by molar-refractivity contribution is -0.111. The first-order valence-electron chi connectivity index (χ1n) is 10.9. The van der Waals surface area contributed by atoms with Gasteiger partial charge in [-0.1, -0.05) is 29.3 Å². The van der Waals surface area contributed by atoms with Crippen molar-refractivity contribution < 1.29 is 23.0 Å². The van der Waals surface area contributed by atoms with Crippen molar-refractivity contribution in [2.24, 2.45) is 0 Å². The van der Waals surface area contributed by atoms with Gasteiger partial charge in [0.15, 0.2) is 0 Å². The van der Waals surface area contributed by atoms with Crippen LogP contribution >= 0.6 is 23.2 Å². The molecule has 0 atom stereocenters. The molecule has 2 N–H and O–H groups in total. The fourth-order valence-corrected chi connectivity index (χ4v) is 3.37. The summed E-state index contributed by atoms with van der Waals surface area (Å²) in [6, 6.07) is 5.67. The van der Waals surface area contributed by atoms with E-state index in [-0.39, 0.29) is 47.3 Å². The molecule has 1 aromatic heterocycles. The highest BCUT2D eigenvalue weighted by Gasteiger charge is 2.15. The van der Waals surface area contributed by atoms with Gasteiger partial charge in [0.1, 0.15) is 37.0 Å². The second kappa shape index (κ2) is 13.3. The fourth-order valence-electron chi connectivity index (χ4n) is 3.06. The Morgan fingerprint density at radius 3 is 2.61 bits per heavy atom. The molecule has 0 saturated carbocycles. The summed E-state index contributed by atoms with van der Waals surface area (Å²) in [5.74, 6) is -0.402. The summed E-state index contributed by atoms with van der Waals surface area (Å²) < 4.78 is 37.6. The summed E-state index contributed by atoms with van der Waals surface area (Å²) >= 11 is 11.9. The van der Waals surface area contributed by atoms with Crippen molar-refractivity contribution in [1.82, 2.24) is 14.9 Å². The van der Waals surface area contributed by atoms with Gasteiger partial charge in [0.25, 0.3) is 0 Å². The van der Waals surface area contributed by atoms with Crippen LogP contribution in [0.5, 0.6) is 5.75 Å². The highest BCUT2D eigenvalue weighted by molar-refractivity contribution is 6.42. The number of nitrogens with zero attached hydrogens (tertiary/aromatic N) is 3. The van der Waals surface area contributed by atoms with Gasteiger partial charge in [-0.15, -0.1) is 0 Å². The molecule has 3 rings (SSSR count). The summed E-state index contributed by atoms with van der Waals surface area (Å²) in [6.45, 7) is 0.232. The summed E-state index contributed by atoms with van der Waals surface area (Å²) in [7, 11) is 3.77. The molecule has 0 unspecified atom stereocenters. The maximum Gasteiger partial charge on any atom is 0.248 e. The number of carbonyl (C=O) groups is 1. The molecule has 0 bridgehead atoms. The molecule has 0 aliphatic carbocycles. The van der Waals surface area contributed by atoms with Crippen LogP contribution in [-0.4, -0.2) is 67.9 Å². The Morgan fingerprint density at radius 1 is 1.08 bits per heavy atom. The lowest BCUT2D eigenvalue weighted by Crippen LogP contribution is -2.14. The van der Waals surface area contributed by atoms with Gasteiger partial charge in [-0.25, -0.2) is 18.7 Å². The van der Waals surface area contributed by atoms with Crippen LogP contribution in [0.2, 0.25) is 10.0 Å². The second-order valence-corrected chi connectivity index (χ2v) is 8.58. The van der Waals surface area contributed by atoms with E-state index in [1.54, 1.807) is 18.2 Å². The number of likely N-dealkylation sites (N-methyl/N-ethyl adjacent to an activating group) is 1. The molecule has 2 aromatic carbocycles. The number of amides is 1. The lowest BCUT2D eigenvalue weighted by Gasteiger charge is -2.15. The Balaban J connectivity index is 1.94. The molecule has 12 heteroatoms. The maximum atomic E-state index is 14.5. The molecular weight excluding hydrogens is 515 g/mol. The average molecular weight is 540 g/mol. The van der Waals surface area contributed by atoms with Crippen molar-refractivity contribution in [3.8, 4) is 5.75 Å². The number of alkyl halides is 1. The number of benzene rings is 2. The molecule has 192 valence electrons. The number of ether oxygens (including phenoxy) is 2. The smallest absolute Gasteiger partial charge is 0.248 e. The van der Waals surface area contributed by atoms with E-state index in [0.29, 0.717) is 28.9 Å². The quantitative estimate of drug-likeness (QED) is 0.185. The summed E-state index contributed by atoms with van der Waals surface area (Å²) in [6.07, 6.45) is 4.42. The zero-order valence-corrected chi connectivity index (χ0v) is 21.2. The molecular formula is C24H25Cl2F2N5O3. The van der Waals surface area contributed by atoms with E-state index in [1.807, 2.05) is 19.0 Å². The minimum atomic E-state index is -0.621. The molecule has 0 aliphatic heterocycles. The van der Waals surface area contributed by atoms with Gasteiger partial charge in [0.05, 0.1) is 40.2 Å².